The minimum atomic E-state index is -0.588. The van der Waals surface area contributed by atoms with Crippen molar-refractivity contribution in [3.63, 3.8) is 0 Å². The highest BCUT2D eigenvalue weighted by atomic mass is 16.6. The van der Waals surface area contributed by atoms with Gasteiger partial charge in [0.1, 0.15) is 12.0 Å². The number of aromatic nitrogens is 2. The third-order valence-electron chi connectivity index (χ3n) is 4.81. The first-order chi connectivity index (χ1) is 13.1. The zero-order valence-corrected chi connectivity index (χ0v) is 14.0. The largest absolute Gasteiger partial charge is 0.872 e. The lowest BCUT2D eigenvalue weighted by atomic mass is 10.0. The van der Waals surface area contributed by atoms with Gasteiger partial charge in [-0.2, -0.15) is 0 Å². The molecule has 0 saturated carbocycles. The molecule has 5 rings (SSSR count). The van der Waals surface area contributed by atoms with E-state index in [9.17, 15) is 15.2 Å². The smallest absolute Gasteiger partial charge is 0.269 e. The number of nitro benzene ring substituents is 1. The number of para-hydroxylation sites is 3. The van der Waals surface area contributed by atoms with E-state index in [0.29, 0.717) is 5.56 Å². The van der Waals surface area contributed by atoms with Crippen molar-refractivity contribution < 1.29 is 10.0 Å². The number of nitro groups is 1. The molecule has 1 N–H and O–H groups in total. The van der Waals surface area contributed by atoms with Gasteiger partial charge in [-0.1, -0.05) is 30.3 Å². The van der Waals surface area contributed by atoms with Crippen molar-refractivity contribution >= 4 is 22.4 Å². The van der Waals surface area contributed by atoms with Crippen LogP contribution >= 0.6 is 0 Å². The molecule has 0 amide bonds. The topological polar surface area (TPSA) is 96.1 Å². The lowest BCUT2D eigenvalue weighted by molar-refractivity contribution is -0.385. The van der Waals surface area contributed by atoms with E-state index in [-0.39, 0.29) is 11.4 Å². The molecule has 0 bridgehead atoms. The fourth-order valence-electron chi connectivity index (χ4n) is 3.59. The fraction of sp³-hybridized carbons (Fsp3) is 0.0500. The Morgan fingerprint density at radius 1 is 1.04 bits per heavy atom. The van der Waals surface area contributed by atoms with E-state index in [1.54, 1.807) is 0 Å². The molecule has 0 fully saturated rings. The number of benzene rings is 3. The van der Waals surface area contributed by atoms with Crippen LogP contribution in [0.5, 0.6) is 5.75 Å². The summed E-state index contributed by atoms with van der Waals surface area (Å²) < 4.78 is 1.93. The minimum Gasteiger partial charge on any atom is -0.872 e. The van der Waals surface area contributed by atoms with E-state index in [1.807, 2.05) is 53.1 Å². The molecular weight excluding hydrogens is 344 g/mol. The summed E-state index contributed by atoms with van der Waals surface area (Å²) in [6, 6.07) is 19.2. The lowest BCUT2D eigenvalue weighted by Crippen LogP contribution is -2.25. The second kappa shape index (κ2) is 5.57. The molecule has 0 spiro atoms. The van der Waals surface area contributed by atoms with Gasteiger partial charge in [0.2, 0.25) is 0 Å². The average molecular weight is 357 g/mol. The van der Waals surface area contributed by atoms with E-state index >= 15 is 0 Å². The normalized spacial score (nSPS) is 15.0. The third kappa shape index (κ3) is 2.25. The molecule has 1 atom stereocenters. The zero-order valence-electron chi connectivity index (χ0n) is 14.0. The van der Waals surface area contributed by atoms with Crippen LogP contribution in [-0.4, -0.2) is 14.5 Å². The predicted molar refractivity (Wildman–Crippen MR) is 99.5 cm³/mol. The number of hydrogen-bond acceptors (Lipinski definition) is 5. The number of non-ortho nitro benzene ring substituents is 1. The van der Waals surface area contributed by atoms with Crippen LogP contribution in [0.1, 0.15) is 11.7 Å². The van der Waals surface area contributed by atoms with Gasteiger partial charge in [0.15, 0.2) is 0 Å². The summed E-state index contributed by atoms with van der Waals surface area (Å²) in [5.74, 6) is 0.461. The Hall–Kier alpha value is -3.87. The van der Waals surface area contributed by atoms with Gasteiger partial charge in [0.25, 0.3) is 5.69 Å². The molecular formula is C20H13N4O3-. The summed E-state index contributed by atoms with van der Waals surface area (Å²) in [5.41, 5.74) is 3.60. The van der Waals surface area contributed by atoms with E-state index < -0.39 is 11.1 Å². The Bertz CT molecular complexity index is 1220. The summed E-state index contributed by atoms with van der Waals surface area (Å²) in [7, 11) is 0. The van der Waals surface area contributed by atoms with Gasteiger partial charge in [-0.15, -0.1) is 5.75 Å². The Morgan fingerprint density at radius 2 is 1.81 bits per heavy atom. The maximum Gasteiger partial charge on any atom is 0.269 e. The average Bonchev–Trinajstić information content (AvgIpc) is 3.07. The molecule has 0 unspecified atom stereocenters. The predicted octanol–water partition coefficient (Wildman–Crippen LogP) is 3.66. The van der Waals surface area contributed by atoms with Crippen LogP contribution in [0.25, 0.3) is 22.4 Å². The van der Waals surface area contributed by atoms with Gasteiger partial charge in [0, 0.05) is 23.4 Å². The van der Waals surface area contributed by atoms with Crippen LogP contribution in [-0.2, 0) is 0 Å². The molecule has 132 valence electrons. The van der Waals surface area contributed by atoms with Crippen LogP contribution in [0.3, 0.4) is 0 Å². The zero-order chi connectivity index (χ0) is 18.5. The monoisotopic (exact) mass is 357 g/mol. The van der Waals surface area contributed by atoms with E-state index in [0.717, 1.165) is 28.1 Å². The fourth-order valence-corrected chi connectivity index (χ4v) is 3.59. The maximum atomic E-state index is 12.6. The molecule has 3 aromatic carbocycles. The van der Waals surface area contributed by atoms with Gasteiger partial charge in [-0.25, -0.2) is 4.98 Å². The summed E-state index contributed by atoms with van der Waals surface area (Å²) in [5, 5.41) is 27.1. The number of imidazole rings is 1. The van der Waals surface area contributed by atoms with Gasteiger partial charge in [0.05, 0.1) is 16.0 Å². The number of anilines is 1. The highest BCUT2D eigenvalue weighted by Gasteiger charge is 2.29. The number of nitrogens with zero attached hydrogens (tertiary/aromatic N) is 3. The minimum absolute atomic E-state index is 0.115. The summed E-state index contributed by atoms with van der Waals surface area (Å²) in [6.45, 7) is 0. The molecule has 1 aliphatic heterocycles. The van der Waals surface area contributed by atoms with Gasteiger partial charge < -0.3 is 10.4 Å². The van der Waals surface area contributed by atoms with Crippen molar-refractivity contribution in [1.82, 2.24) is 9.55 Å². The second-order valence-corrected chi connectivity index (χ2v) is 6.37. The summed E-state index contributed by atoms with van der Waals surface area (Å²) in [6.07, 6.45) is -0.588. The van der Waals surface area contributed by atoms with E-state index in [1.165, 1.54) is 18.2 Å². The third-order valence-corrected chi connectivity index (χ3v) is 4.81. The molecule has 0 saturated heterocycles. The lowest BCUT2D eigenvalue weighted by Gasteiger charge is -2.32. The summed E-state index contributed by atoms with van der Waals surface area (Å²) >= 11 is 0. The van der Waals surface area contributed by atoms with Crippen molar-refractivity contribution in [3.8, 4) is 17.1 Å². The highest BCUT2D eigenvalue weighted by Crippen LogP contribution is 2.42. The molecule has 27 heavy (non-hydrogen) atoms. The van der Waals surface area contributed by atoms with Crippen LogP contribution in [0, 0.1) is 10.1 Å². The standard InChI is InChI=1S/C20H14N4O3/c25-18-10-9-12(24(26)27)11-14(18)20-21-15-6-2-1-5-13(15)19-22-16-7-3-4-8-17(16)23(19)20/h1-11,20-21,25H/p-1/t20-/m0/s1. The number of nitrogens with one attached hydrogen (secondary N) is 1. The number of hydrogen-bond donors (Lipinski definition) is 1. The van der Waals surface area contributed by atoms with Gasteiger partial charge >= 0.3 is 0 Å². The number of rotatable bonds is 2. The van der Waals surface area contributed by atoms with Gasteiger partial charge in [-0.05, 0) is 29.8 Å². The Morgan fingerprint density at radius 3 is 2.67 bits per heavy atom. The quantitative estimate of drug-likeness (QED) is 0.436. The molecule has 2 heterocycles. The Kier molecular flexibility index (Phi) is 3.17. The van der Waals surface area contributed by atoms with Crippen LogP contribution in [0.2, 0.25) is 0 Å². The van der Waals surface area contributed by atoms with Crippen LogP contribution in [0.4, 0.5) is 11.4 Å². The highest BCUT2D eigenvalue weighted by molar-refractivity contribution is 5.87. The Balaban J connectivity index is 1.82. The SMILES string of the molecule is O=[N+]([O-])c1ccc([O-])c([C@H]2Nc3ccccc3-c3nc4ccccc4n32)c1. The van der Waals surface area contributed by atoms with Crippen molar-refractivity contribution in [1.29, 1.82) is 0 Å². The van der Waals surface area contributed by atoms with Crippen molar-refractivity contribution in [2.75, 3.05) is 5.32 Å². The molecule has 1 aliphatic rings. The summed E-state index contributed by atoms with van der Waals surface area (Å²) in [4.78, 5) is 15.5. The first-order valence-electron chi connectivity index (χ1n) is 8.42. The number of fused-ring (bicyclic) bond motifs is 5. The molecule has 4 aromatic rings. The maximum absolute atomic E-state index is 12.6. The molecule has 7 heteroatoms. The van der Waals surface area contributed by atoms with Crippen LogP contribution in [0.15, 0.2) is 66.7 Å². The second-order valence-electron chi connectivity index (χ2n) is 6.37. The molecule has 7 nitrogen and oxygen atoms in total. The van der Waals surface area contributed by atoms with Crippen molar-refractivity contribution in [3.05, 3.63) is 82.4 Å². The van der Waals surface area contributed by atoms with Crippen molar-refractivity contribution in [2.24, 2.45) is 0 Å². The van der Waals surface area contributed by atoms with Crippen LogP contribution < -0.4 is 10.4 Å². The van der Waals surface area contributed by atoms with E-state index in [2.05, 4.69) is 5.32 Å². The first-order valence-corrected chi connectivity index (χ1v) is 8.42. The van der Waals surface area contributed by atoms with Gasteiger partial charge in [-0.3, -0.25) is 14.7 Å². The molecule has 0 aliphatic carbocycles. The molecule has 1 aromatic heterocycles. The van der Waals surface area contributed by atoms with E-state index in [4.69, 9.17) is 4.98 Å². The Labute approximate surface area is 153 Å². The first kappa shape index (κ1) is 15.4. The molecule has 0 radical (unpaired) electrons. The van der Waals surface area contributed by atoms with Crippen molar-refractivity contribution in [2.45, 2.75) is 6.17 Å².